The number of hydrogen-bond acceptors (Lipinski definition) is 5. The van der Waals surface area contributed by atoms with Crippen molar-refractivity contribution in [2.45, 2.75) is 19.8 Å². The number of anilines is 1. The van der Waals surface area contributed by atoms with E-state index >= 15 is 0 Å². The van der Waals surface area contributed by atoms with Gasteiger partial charge in [0.05, 0.1) is 4.92 Å². The zero-order valence-corrected chi connectivity index (χ0v) is 11.3. The Labute approximate surface area is 116 Å². The third-order valence-corrected chi connectivity index (χ3v) is 3.63. The van der Waals surface area contributed by atoms with Crippen LogP contribution in [0.25, 0.3) is 0 Å². The Hall–Kier alpha value is -2.15. The van der Waals surface area contributed by atoms with Gasteiger partial charge in [-0.15, -0.1) is 0 Å². The molecule has 1 unspecified atom stereocenters. The van der Waals surface area contributed by atoms with E-state index in [1.807, 2.05) is 0 Å². The highest BCUT2D eigenvalue weighted by molar-refractivity contribution is 6.00. The maximum atomic E-state index is 12.1. The third kappa shape index (κ3) is 3.05. The molecule has 2 rings (SSSR count). The number of carbonyl (C=O) groups excluding carboxylic acids is 1. The van der Waals surface area contributed by atoms with Crippen LogP contribution in [0.15, 0.2) is 18.2 Å². The molecule has 1 aromatic rings. The topological polar surface area (TPSA) is 110 Å². The molecular weight excluding hydrogens is 260 g/mol. The molecule has 0 spiro atoms. The van der Waals surface area contributed by atoms with Gasteiger partial charge in [0.1, 0.15) is 11.3 Å². The van der Waals surface area contributed by atoms with Crippen LogP contribution in [-0.2, 0) is 0 Å². The van der Waals surface area contributed by atoms with Gasteiger partial charge in [-0.05, 0) is 36.8 Å². The average Bonchev–Trinajstić information content (AvgIpc) is 3.27. The van der Waals surface area contributed by atoms with Crippen LogP contribution >= 0.6 is 0 Å². The van der Waals surface area contributed by atoms with Crippen molar-refractivity contribution in [3.63, 3.8) is 0 Å². The summed E-state index contributed by atoms with van der Waals surface area (Å²) >= 11 is 0. The molecule has 1 aliphatic rings. The largest absolute Gasteiger partial charge is 0.352 e. The van der Waals surface area contributed by atoms with Crippen LogP contribution in [0.4, 0.5) is 11.4 Å². The number of nitro groups is 1. The molecule has 4 N–H and O–H groups in total. The van der Waals surface area contributed by atoms with Gasteiger partial charge in [0.2, 0.25) is 0 Å². The summed E-state index contributed by atoms with van der Waals surface area (Å²) in [5.74, 6) is 5.86. The van der Waals surface area contributed by atoms with Gasteiger partial charge in [0, 0.05) is 6.54 Å². The highest BCUT2D eigenvalue weighted by Crippen LogP contribution is 2.36. The van der Waals surface area contributed by atoms with Gasteiger partial charge >= 0.3 is 5.69 Å². The molecule has 108 valence electrons. The lowest BCUT2D eigenvalue weighted by atomic mass is 10.1. The average molecular weight is 278 g/mol. The second-order valence-corrected chi connectivity index (χ2v) is 5.13. The highest BCUT2D eigenvalue weighted by atomic mass is 16.6. The fraction of sp³-hybridized carbons (Fsp3) is 0.462. The first-order valence-corrected chi connectivity index (χ1v) is 6.56. The third-order valence-electron chi connectivity index (χ3n) is 3.63. The maximum Gasteiger partial charge on any atom is 0.306 e. The van der Waals surface area contributed by atoms with Crippen LogP contribution in [0.5, 0.6) is 0 Å². The number of amides is 1. The Balaban J connectivity index is 2.13. The van der Waals surface area contributed by atoms with Gasteiger partial charge in [-0.3, -0.25) is 20.8 Å². The number of nitrogens with zero attached hydrogens (tertiary/aromatic N) is 1. The number of rotatable bonds is 6. The monoisotopic (exact) mass is 278 g/mol. The number of nitrogens with two attached hydrogens (primary N) is 1. The predicted molar refractivity (Wildman–Crippen MR) is 75.1 cm³/mol. The van der Waals surface area contributed by atoms with Crippen molar-refractivity contribution in [2.75, 3.05) is 12.0 Å². The minimum absolute atomic E-state index is 0.0217. The van der Waals surface area contributed by atoms with Crippen molar-refractivity contribution in [2.24, 2.45) is 17.7 Å². The van der Waals surface area contributed by atoms with Crippen LogP contribution in [-0.4, -0.2) is 17.4 Å². The fourth-order valence-corrected chi connectivity index (χ4v) is 2.22. The molecule has 1 atom stereocenters. The number of nitro benzene ring substituents is 1. The van der Waals surface area contributed by atoms with Gasteiger partial charge in [-0.25, -0.2) is 0 Å². The van der Waals surface area contributed by atoms with E-state index in [1.165, 1.54) is 25.0 Å². The number of carbonyl (C=O) groups is 1. The summed E-state index contributed by atoms with van der Waals surface area (Å²) in [4.78, 5) is 22.6. The molecule has 1 aliphatic carbocycles. The van der Waals surface area contributed by atoms with Crippen LogP contribution in [0.2, 0.25) is 0 Å². The summed E-state index contributed by atoms with van der Waals surface area (Å²) in [6.07, 6.45) is 2.40. The van der Waals surface area contributed by atoms with E-state index in [2.05, 4.69) is 17.7 Å². The Morgan fingerprint density at radius 1 is 1.55 bits per heavy atom. The first-order valence-electron chi connectivity index (χ1n) is 6.56. The van der Waals surface area contributed by atoms with E-state index in [0.29, 0.717) is 18.4 Å². The van der Waals surface area contributed by atoms with E-state index in [4.69, 9.17) is 5.84 Å². The summed E-state index contributed by atoms with van der Waals surface area (Å²) in [7, 11) is 0. The molecule has 20 heavy (non-hydrogen) atoms. The Morgan fingerprint density at radius 2 is 2.25 bits per heavy atom. The van der Waals surface area contributed by atoms with E-state index in [1.54, 1.807) is 6.07 Å². The second-order valence-electron chi connectivity index (χ2n) is 5.13. The lowest BCUT2D eigenvalue weighted by Gasteiger charge is -2.12. The fourth-order valence-electron chi connectivity index (χ4n) is 2.22. The molecule has 0 saturated heterocycles. The molecular formula is C13H18N4O3. The predicted octanol–water partition coefficient (Wildman–Crippen LogP) is 1.66. The molecule has 0 bridgehead atoms. The van der Waals surface area contributed by atoms with Crippen molar-refractivity contribution >= 4 is 17.3 Å². The van der Waals surface area contributed by atoms with Crippen molar-refractivity contribution in [3.05, 3.63) is 33.9 Å². The number of benzene rings is 1. The SMILES string of the molecule is CC(CNC(=O)c1cccc(NN)c1[N+](=O)[O-])C1CC1. The summed E-state index contributed by atoms with van der Waals surface area (Å²) in [6, 6.07) is 4.44. The van der Waals surface area contributed by atoms with Crippen molar-refractivity contribution in [1.82, 2.24) is 5.32 Å². The number of para-hydroxylation sites is 1. The van der Waals surface area contributed by atoms with Crippen LogP contribution in [0.1, 0.15) is 30.1 Å². The van der Waals surface area contributed by atoms with Gasteiger partial charge in [-0.2, -0.15) is 0 Å². The quantitative estimate of drug-likeness (QED) is 0.416. The normalized spacial score (nSPS) is 15.5. The second kappa shape index (κ2) is 5.87. The van der Waals surface area contributed by atoms with Gasteiger partial charge in [0.15, 0.2) is 0 Å². The molecule has 1 fully saturated rings. The molecule has 0 heterocycles. The zero-order valence-electron chi connectivity index (χ0n) is 11.3. The summed E-state index contributed by atoms with van der Waals surface area (Å²) in [5, 5.41) is 13.8. The molecule has 1 aromatic carbocycles. The van der Waals surface area contributed by atoms with E-state index in [-0.39, 0.29) is 16.9 Å². The summed E-state index contributed by atoms with van der Waals surface area (Å²) in [6.45, 7) is 2.60. The Morgan fingerprint density at radius 3 is 2.80 bits per heavy atom. The Kier molecular flexibility index (Phi) is 4.19. The van der Waals surface area contributed by atoms with Crippen molar-refractivity contribution in [1.29, 1.82) is 0 Å². The Bertz CT molecular complexity index is 528. The van der Waals surface area contributed by atoms with E-state index in [9.17, 15) is 14.9 Å². The lowest BCUT2D eigenvalue weighted by Crippen LogP contribution is -2.29. The minimum Gasteiger partial charge on any atom is -0.352 e. The number of nitrogens with one attached hydrogen (secondary N) is 2. The van der Waals surface area contributed by atoms with Crippen LogP contribution in [0.3, 0.4) is 0 Å². The van der Waals surface area contributed by atoms with Crippen LogP contribution in [0, 0.1) is 22.0 Å². The smallest absolute Gasteiger partial charge is 0.306 e. The first-order chi connectivity index (χ1) is 9.54. The molecule has 0 radical (unpaired) electrons. The van der Waals surface area contributed by atoms with Gasteiger partial charge in [-0.1, -0.05) is 13.0 Å². The standard InChI is InChI=1S/C13H18N4O3/c1-8(9-5-6-9)7-15-13(18)10-3-2-4-11(16-14)12(10)17(19)20/h2-4,8-9,16H,5-7,14H2,1H3,(H,15,18). The number of hydrogen-bond donors (Lipinski definition) is 3. The number of nitrogen functional groups attached to an aromatic ring is 1. The minimum atomic E-state index is -0.603. The number of hydrazine groups is 1. The molecule has 7 heteroatoms. The lowest BCUT2D eigenvalue weighted by molar-refractivity contribution is -0.384. The first kappa shape index (κ1) is 14.3. The molecule has 7 nitrogen and oxygen atoms in total. The van der Waals surface area contributed by atoms with E-state index < -0.39 is 10.8 Å². The summed E-state index contributed by atoms with van der Waals surface area (Å²) < 4.78 is 0. The zero-order chi connectivity index (χ0) is 14.7. The molecule has 0 aromatic heterocycles. The van der Waals surface area contributed by atoms with Crippen molar-refractivity contribution < 1.29 is 9.72 Å². The summed E-state index contributed by atoms with van der Waals surface area (Å²) in [5.41, 5.74) is 2.09. The van der Waals surface area contributed by atoms with E-state index in [0.717, 1.165) is 0 Å². The van der Waals surface area contributed by atoms with Gasteiger partial charge in [0.25, 0.3) is 5.91 Å². The van der Waals surface area contributed by atoms with Crippen molar-refractivity contribution in [3.8, 4) is 0 Å². The highest BCUT2D eigenvalue weighted by Gasteiger charge is 2.29. The maximum absolute atomic E-state index is 12.1. The van der Waals surface area contributed by atoms with Gasteiger partial charge < -0.3 is 10.7 Å². The molecule has 1 saturated carbocycles. The van der Waals surface area contributed by atoms with Crippen LogP contribution < -0.4 is 16.6 Å². The molecule has 0 aliphatic heterocycles. The molecule has 1 amide bonds.